The molecule has 2 aliphatic rings. The fourth-order valence-electron chi connectivity index (χ4n) is 5.41. The van der Waals surface area contributed by atoms with Gasteiger partial charge < -0.3 is 30.6 Å². The van der Waals surface area contributed by atoms with Crippen molar-refractivity contribution in [3.63, 3.8) is 0 Å². The van der Waals surface area contributed by atoms with Gasteiger partial charge in [0.2, 0.25) is 5.91 Å². The monoisotopic (exact) mass is 630 g/mol. The second-order valence-electron chi connectivity index (χ2n) is 10.1. The molecule has 0 aliphatic carbocycles. The van der Waals surface area contributed by atoms with E-state index in [0.717, 1.165) is 11.4 Å². The molecular formula is C28H32Cl2N8O5. The normalized spacial score (nSPS) is 18.4. The fourth-order valence-corrected chi connectivity index (χ4v) is 5.80. The van der Waals surface area contributed by atoms with Crippen molar-refractivity contribution in [2.45, 2.75) is 12.3 Å². The molecule has 0 saturated carbocycles. The number of carbonyl (C=O) groups is 2. The summed E-state index contributed by atoms with van der Waals surface area (Å²) in [5.74, 6) is -0.189. The summed E-state index contributed by atoms with van der Waals surface area (Å²) in [4.78, 5) is 38.9. The van der Waals surface area contributed by atoms with Gasteiger partial charge in [-0.05, 0) is 30.3 Å². The Kier molecular flexibility index (Phi) is 9.37. The predicted molar refractivity (Wildman–Crippen MR) is 165 cm³/mol. The second kappa shape index (κ2) is 13.2. The minimum atomic E-state index is -0.791. The first-order valence-corrected chi connectivity index (χ1v) is 14.7. The third kappa shape index (κ3) is 6.40. The van der Waals surface area contributed by atoms with Crippen LogP contribution < -0.4 is 21.3 Å². The average molecular weight is 632 g/mol. The van der Waals surface area contributed by atoms with Crippen LogP contribution >= 0.6 is 23.2 Å². The van der Waals surface area contributed by atoms with Crippen LogP contribution in [0.2, 0.25) is 0 Å². The molecule has 13 nitrogen and oxygen atoms in total. The van der Waals surface area contributed by atoms with E-state index in [0.29, 0.717) is 61.6 Å². The van der Waals surface area contributed by atoms with E-state index in [2.05, 4.69) is 10.6 Å². The molecule has 43 heavy (non-hydrogen) atoms. The van der Waals surface area contributed by atoms with Crippen molar-refractivity contribution in [2.75, 3.05) is 60.1 Å². The van der Waals surface area contributed by atoms with E-state index in [9.17, 15) is 19.7 Å². The van der Waals surface area contributed by atoms with Gasteiger partial charge in [0, 0.05) is 56.6 Å². The lowest BCUT2D eigenvalue weighted by molar-refractivity contribution is -0.384. The highest BCUT2D eigenvalue weighted by atomic mass is 35.5. The molecule has 4 N–H and O–H groups in total. The molecule has 1 fully saturated rings. The number of benzene rings is 2. The SMILES string of the molecule is Cn1cc([N+](=O)[O-])cc1C1Nc2ccccc2N1c1cc(C(N)=O)ccc1NC(=O)C1CN(N(CCCl)CCCl)CCO1. The van der Waals surface area contributed by atoms with Gasteiger partial charge in [0.1, 0.15) is 6.17 Å². The predicted octanol–water partition coefficient (Wildman–Crippen LogP) is 3.63. The lowest BCUT2D eigenvalue weighted by Crippen LogP contribution is -2.55. The van der Waals surface area contributed by atoms with E-state index in [1.54, 1.807) is 23.7 Å². The zero-order valence-corrected chi connectivity index (χ0v) is 24.9. The van der Waals surface area contributed by atoms with Crippen LogP contribution in [0, 0.1) is 10.1 Å². The van der Waals surface area contributed by atoms with Gasteiger partial charge in [-0.25, -0.2) is 10.0 Å². The van der Waals surface area contributed by atoms with Crippen molar-refractivity contribution >= 4 is 63.5 Å². The maximum atomic E-state index is 13.6. The van der Waals surface area contributed by atoms with Crippen LogP contribution in [0.5, 0.6) is 0 Å². The van der Waals surface area contributed by atoms with Crippen molar-refractivity contribution in [3.05, 3.63) is 76.1 Å². The number of rotatable bonds is 11. The Morgan fingerprint density at radius 1 is 1.16 bits per heavy atom. The smallest absolute Gasteiger partial charge is 0.287 e. The highest BCUT2D eigenvalue weighted by Crippen LogP contribution is 2.48. The molecule has 2 amide bonds. The molecule has 3 aromatic rings. The Morgan fingerprint density at radius 3 is 2.58 bits per heavy atom. The Hall–Kier alpha value is -3.88. The Balaban J connectivity index is 1.51. The number of alkyl halides is 2. The summed E-state index contributed by atoms with van der Waals surface area (Å²) in [6, 6.07) is 13.7. The average Bonchev–Trinajstić information content (AvgIpc) is 3.57. The largest absolute Gasteiger partial charge is 0.366 e. The maximum Gasteiger partial charge on any atom is 0.287 e. The maximum absolute atomic E-state index is 13.6. The van der Waals surface area contributed by atoms with Crippen LogP contribution in [-0.2, 0) is 16.6 Å². The van der Waals surface area contributed by atoms with E-state index in [1.165, 1.54) is 18.3 Å². The van der Waals surface area contributed by atoms with Crippen LogP contribution in [-0.4, -0.2) is 82.0 Å². The highest BCUT2D eigenvalue weighted by Gasteiger charge is 2.36. The summed E-state index contributed by atoms with van der Waals surface area (Å²) in [5, 5.41) is 22.0. The molecule has 3 heterocycles. The number of nitrogens with two attached hydrogens (primary N) is 1. The number of nitrogens with one attached hydrogen (secondary N) is 2. The third-order valence-corrected chi connectivity index (χ3v) is 7.79. The number of hydrogen-bond acceptors (Lipinski definition) is 9. The van der Waals surface area contributed by atoms with Crippen molar-refractivity contribution in [1.29, 1.82) is 0 Å². The standard InChI is InChI=1S/C28H32Cl2N8O5/c1-34-16-19(38(41)42)15-24(34)27-32-20-4-2-3-5-22(20)37(27)23-14-18(26(31)39)6-7-21(23)33-28(40)25-17-36(12-13-43-25)35(10-8-29)11-9-30/h2-7,14-16,25,27,32H,8-13,17H2,1H3,(H2,31,39)(H,33,40). The number of hydrogen-bond donors (Lipinski definition) is 3. The zero-order chi connectivity index (χ0) is 30.7. The van der Waals surface area contributed by atoms with Gasteiger partial charge >= 0.3 is 0 Å². The van der Waals surface area contributed by atoms with E-state index < -0.39 is 23.1 Å². The summed E-state index contributed by atoms with van der Waals surface area (Å²) >= 11 is 12.0. The Bertz CT molecular complexity index is 1510. The number of nitro groups is 1. The number of nitrogens with zero attached hydrogens (tertiary/aromatic N) is 5. The number of primary amides is 1. The van der Waals surface area contributed by atoms with E-state index in [4.69, 9.17) is 33.7 Å². The molecule has 0 bridgehead atoms. The first-order chi connectivity index (χ1) is 20.7. The van der Waals surface area contributed by atoms with Gasteiger partial charge in [0.05, 0.1) is 46.2 Å². The number of amides is 2. The summed E-state index contributed by atoms with van der Waals surface area (Å²) in [5.41, 5.74) is 8.79. The quantitative estimate of drug-likeness (QED) is 0.164. The van der Waals surface area contributed by atoms with Crippen LogP contribution in [0.25, 0.3) is 0 Å². The van der Waals surface area contributed by atoms with E-state index in [-0.39, 0.29) is 17.2 Å². The third-order valence-electron chi connectivity index (χ3n) is 7.46. The van der Waals surface area contributed by atoms with E-state index in [1.807, 2.05) is 39.2 Å². The minimum absolute atomic E-state index is 0.0639. The van der Waals surface area contributed by atoms with Gasteiger partial charge in [-0.15, -0.1) is 23.2 Å². The van der Waals surface area contributed by atoms with Gasteiger partial charge in [0.15, 0.2) is 6.10 Å². The van der Waals surface area contributed by atoms with Crippen LogP contribution in [0.15, 0.2) is 54.7 Å². The van der Waals surface area contributed by atoms with Crippen molar-refractivity contribution < 1.29 is 19.2 Å². The molecular weight excluding hydrogens is 599 g/mol. The van der Waals surface area contributed by atoms with Gasteiger partial charge in [-0.1, -0.05) is 12.1 Å². The zero-order valence-electron chi connectivity index (χ0n) is 23.4. The molecule has 0 spiro atoms. The topological polar surface area (TPSA) is 151 Å². The Morgan fingerprint density at radius 2 is 1.91 bits per heavy atom. The first-order valence-electron chi connectivity index (χ1n) is 13.6. The van der Waals surface area contributed by atoms with Crippen LogP contribution in [0.3, 0.4) is 0 Å². The highest BCUT2D eigenvalue weighted by molar-refractivity contribution is 6.18. The van der Waals surface area contributed by atoms with Crippen LogP contribution in [0.1, 0.15) is 22.2 Å². The minimum Gasteiger partial charge on any atom is -0.366 e. The lowest BCUT2D eigenvalue weighted by Gasteiger charge is -2.39. The van der Waals surface area contributed by atoms with Crippen molar-refractivity contribution in [3.8, 4) is 0 Å². The number of fused-ring (bicyclic) bond motifs is 1. The molecule has 1 aromatic heterocycles. The number of halogens is 2. The number of para-hydroxylation sites is 2. The molecule has 2 aromatic carbocycles. The molecule has 2 aliphatic heterocycles. The summed E-state index contributed by atoms with van der Waals surface area (Å²) in [6.07, 6.45) is 0.0294. The number of ether oxygens (including phenoxy) is 1. The summed E-state index contributed by atoms with van der Waals surface area (Å²) in [7, 11) is 1.72. The van der Waals surface area contributed by atoms with Crippen molar-refractivity contribution in [2.24, 2.45) is 12.8 Å². The fraction of sp³-hybridized carbons (Fsp3) is 0.357. The molecule has 15 heteroatoms. The number of morpholine rings is 1. The molecule has 2 atom stereocenters. The molecule has 2 unspecified atom stereocenters. The Labute approximate surface area is 258 Å². The van der Waals surface area contributed by atoms with Crippen LogP contribution in [0.4, 0.5) is 28.4 Å². The summed E-state index contributed by atoms with van der Waals surface area (Å²) in [6.45, 7) is 2.40. The number of carbonyl (C=O) groups excluding carboxylic acids is 2. The molecule has 0 radical (unpaired) electrons. The lowest BCUT2D eigenvalue weighted by atomic mass is 10.1. The molecule has 1 saturated heterocycles. The van der Waals surface area contributed by atoms with E-state index >= 15 is 0 Å². The van der Waals surface area contributed by atoms with Gasteiger partial charge in [-0.3, -0.25) is 19.7 Å². The molecule has 5 rings (SSSR count). The first kappa shape index (κ1) is 30.6. The number of hydrazine groups is 1. The number of anilines is 4. The van der Waals surface area contributed by atoms with Crippen molar-refractivity contribution in [1.82, 2.24) is 14.6 Å². The second-order valence-corrected chi connectivity index (χ2v) is 10.9. The summed E-state index contributed by atoms with van der Waals surface area (Å²) < 4.78 is 7.52. The number of aryl methyl sites for hydroxylation is 1. The molecule has 228 valence electrons. The van der Waals surface area contributed by atoms with Gasteiger partial charge in [-0.2, -0.15) is 0 Å². The van der Waals surface area contributed by atoms with Gasteiger partial charge in [0.25, 0.3) is 11.6 Å². The number of aromatic nitrogens is 1.